The number of ether oxygens (including phenoxy) is 1. The molecule has 0 radical (unpaired) electrons. The first-order valence-electron chi connectivity index (χ1n) is 10.8. The van der Waals surface area contributed by atoms with Gasteiger partial charge in [-0.1, -0.05) is 37.5 Å². The molecule has 0 amide bonds. The summed E-state index contributed by atoms with van der Waals surface area (Å²) in [6.45, 7) is 0. The van der Waals surface area contributed by atoms with Gasteiger partial charge in [0, 0.05) is 12.3 Å². The number of aliphatic hydroxyl groups is 1. The Bertz CT molecular complexity index is 585. The Labute approximate surface area is 163 Å². The molecule has 150 valence electrons. The van der Waals surface area contributed by atoms with Crippen molar-refractivity contribution in [1.82, 2.24) is 0 Å². The topological polar surface area (TPSA) is 63.6 Å². The number of methoxy groups -OCH3 is 1. The van der Waals surface area contributed by atoms with Gasteiger partial charge in [-0.25, -0.2) is 0 Å². The maximum absolute atomic E-state index is 12.7. The lowest BCUT2D eigenvalue weighted by atomic mass is 9.84. The van der Waals surface area contributed by atoms with Crippen LogP contribution in [0.25, 0.3) is 0 Å². The molecular formula is C23H34O4. The molecular weight excluding hydrogens is 340 g/mol. The molecule has 3 fully saturated rings. The summed E-state index contributed by atoms with van der Waals surface area (Å²) in [7, 11) is 1.40. The first kappa shape index (κ1) is 20.3. The normalized spacial score (nSPS) is 31.6. The monoisotopic (exact) mass is 374 g/mol. The van der Waals surface area contributed by atoms with Gasteiger partial charge in [-0.05, 0) is 68.3 Å². The first-order valence-corrected chi connectivity index (χ1v) is 10.8. The van der Waals surface area contributed by atoms with Gasteiger partial charge in [0.25, 0.3) is 0 Å². The van der Waals surface area contributed by atoms with Crippen LogP contribution in [0, 0.1) is 23.7 Å². The minimum Gasteiger partial charge on any atom is -0.469 e. The molecule has 3 aliphatic rings. The maximum Gasteiger partial charge on any atom is 0.305 e. The average molecular weight is 375 g/mol. The summed E-state index contributed by atoms with van der Waals surface area (Å²) in [6.07, 6.45) is 16.8. The Kier molecular flexibility index (Phi) is 7.28. The van der Waals surface area contributed by atoms with Gasteiger partial charge >= 0.3 is 5.97 Å². The SMILES string of the molecule is COC(=O)CCC/C=C1\CC2C(/C=C/C(O)C3CCCCC3)CCC2C1=O. The summed E-state index contributed by atoms with van der Waals surface area (Å²) < 4.78 is 4.65. The van der Waals surface area contributed by atoms with E-state index in [1.165, 1.54) is 26.4 Å². The van der Waals surface area contributed by atoms with Gasteiger partial charge in [-0.15, -0.1) is 0 Å². The van der Waals surface area contributed by atoms with Gasteiger partial charge in [0.1, 0.15) is 0 Å². The Balaban J connectivity index is 1.51. The number of Topliss-reactive ketones (excluding diaryl/α,β-unsaturated/α-hetero) is 1. The van der Waals surface area contributed by atoms with E-state index in [-0.39, 0.29) is 18.0 Å². The van der Waals surface area contributed by atoms with E-state index in [4.69, 9.17) is 0 Å². The lowest BCUT2D eigenvalue weighted by Gasteiger charge is -2.25. The van der Waals surface area contributed by atoms with E-state index in [0.717, 1.165) is 50.5 Å². The van der Waals surface area contributed by atoms with Crippen molar-refractivity contribution in [3.63, 3.8) is 0 Å². The van der Waals surface area contributed by atoms with E-state index >= 15 is 0 Å². The van der Waals surface area contributed by atoms with Gasteiger partial charge in [0.05, 0.1) is 13.2 Å². The number of esters is 1. The van der Waals surface area contributed by atoms with Gasteiger partial charge in [-0.2, -0.15) is 0 Å². The van der Waals surface area contributed by atoms with Crippen LogP contribution in [0.5, 0.6) is 0 Å². The zero-order chi connectivity index (χ0) is 19.2. The Morgan fingerprint density at radius 2 is 2.00 bits per heavy atom. The second-order valence-corrected chi connectivity index (χ2v) is 8.55. The van der Waals surface area contributed by atoms with E-state index in [1.807, 2.05) is 12.2 Å². The lowest BCUT2D eigenvalue weighted by Crippen LogP contribution is -2.21. The number of fused-ring (bicyclic) bond motifs is 1. The Morgan fingerprint density at radius 3 is 2.74 bits per heavy atom. The van der Waals surface area contributed by atoms with Crippen LogP contribution in [0.4, 0.5) is 0 Å². The molecule has 0 spiro atoms. The first-order chi connectivity index (χ1) is 13.1. The van der Waals surface area contributed by atoms with Crippen LogP contribution >= 0.6 is 0 Å². The molecule has 0 heterocycles. The average Bonchev–Trinajstić information content (AvgIpc) is 3.24. The maximum atomic E-state index is 12.7. The van der Waals surface area contributed by atoms with Crippen LogP contribution in [0.15, 0.2) is 23.8 Å². The van der Waals surface area contributed by atoms with Crippen molar-refractivity contribution < 1.29 is 19.4 Å². The second-order valence-electron chi connectivity index (χ2n) is 8.55. The van der Waals surface area contributed by atoms with Crippen molar-refractivity contribution in [3.05, 3.63) is 23.8 Å². The van der Waals surface area contributed by atoms with Gasteiger partial charge in [-0.3, -0.25) is 9.59 Å². The summed E-state index contributed by atoms with van der Waals surface area (Å²) in [6, 6.07) is 0. The van der Waals surface area contributed by atoms with Gasteiger partial charge in [0.15, 0.2) is 5.78 Å². The van der Waals surface area contributed by atoms with Crippen molar-refractivity contribution in [2.75, 3.05) is 7.11 Å². The molecule has 3 saturated carbocycles. The quantitative estimate of drug-likeness (QED) is 0.311. The number of carbonyl (C=O) groups excluding carboxylic acids is 2. The Morgan fingerprint density at radius 1 is 1.22 bits per heavy atom. The molecule has 4 nitrogen and oxygen atoms in total. The third-order valence-corrected chi connectivity index (χ3v) is 6.88. The minimum absolute atomic E-state index is 0.165. The number of unbranched alkanes of at least 4 members (excludes halogenated alkanes) is 1. The number of allylic oxidation sites excluding steroid dienone is 3. The molecule has 0 aromatic carbocycles. The van der Waals surface area contributed by atoms with Crippen molar-refractivity contribution in [3.8, 4) is 0 Å². The molecule has 3 aliphatic carbocycles. The molecule has 0 bridgehead atoms. The number of ketones is 1. The van der Waals surface area contributed by atoms with Crippen LogP contribution in [0.3, 0.4) is 0 Å². The van der Waals surface area contributed by atoms with Crippen LogP contribution < -0.4 is 0 Å². The van der Waals surface area contributed by atoms with E-state index in [1.54, 1.807) is 0 Å². The third-order valence-electron chi connectivity index (χ3n) is 6.88. The van der Waals surface area contributed by atoms with E-state index in [0.29, 0.717) is 30.0 Å². The van der Waals surface area contributed by atoms with E-state index < -0.39 is 0 Å². The Hall–Kier alpha value is -1.42. The molecule has 4 atom stereocenters. The minimum atomic E-state index is -0.324. The number of hydrogen-bond donors (Lipinski definition) is 1. The number of carbonyl (C=O) groups is 2. The van der Waals surface area contributed by atoms with Crippen molar-refractivity contribution >= 4 is 11.8 Å². The molecule has 0 aromatic rings. The molecule has 27 heavy (non-hydrogen) atoms. The molecule has 0 aromatic heterocycles. The summed E-state index contributed by atoms with van der Waals surface area (Å²) in [5.41, 5.74) is 0.959. The molecule has 3 rings (SSSR count). The zero-order valence-corrected chi connectivity index (χ0v) is 16.6. The summed E-state index contributed by atoms with van der Waals surface area (Å²) in [4.78, 5) is 23.8. The zero-order valence-electron chi connectivity index (χ0n) is 16.6. The molecule has 0 saturated heterocycles. The highest BCUT2D eigenvalue weighted by atomic mass is 16.5. The largest absolute Gasteiger partial charge is 0.469 e. The smallest absolute Gasteiger partial charge is 0.305 e. The number of rotatable bonds is 7. The fourth-order valence-electron chi connectivity index (χ4n) is 5.25. The molecule has 0 aliphatic heterocycles. The highest BCUT2D eigenvalue weighted by Crippen LogP contribution is 2.48. The fourth-order valence-corrected chi connectivity index (χ4v) is 5.25. The highest BCUT2D eigenvalue weighted by molar-refractivity contribution is 6.00. The standard InChI is InChI=1S/C23H34O4/c1-27-22(25)10-6-5-9-18-15-20-16(11-13-19(20)23(18)26)12-14-21(24)17-7-3-2-4-8-17/h9,12,14,16-17,19-21,24H,2-8,10-11,13,15H2,1H3/b14-12+,18-9+. The summed E-state index contributed by atoms with van der Waals surface area (Å²) in [5, 5.41) is 10.5. The van der Waals surface area contributed by atoms with E-state index in [2.05, 4.69) is 10.8 Å². The van der Waals surface area contributed by atoms with E-state index in [9.17, 15) is 14.7 Å². The van der Waals surface area contributed by atoms with Crippen LogP contribution in [-0.2, 0) is 14.3 Å². The predicted molar refractivity (Wildman–Crippen MR) is 105 cm³/mol. The second kappa shape index (κ2) is 9.68. The van der Waals surface area contributed by atoms with Crippen molar-refractivity contribution in [1.29, 1.82) is 0 Å². The van der Waals surface area contributed by atoms with Crippen molar-refractivity contribution in [2.24, 2.45) is 23.7 Å². The number of aliphatic hydroxyl groups excluding tert-OH is 1. The summed E-state index contributed by atoms with van der Waals surface area (Å²) in [5.74, 6) is 1.53. The molecule has 4 heteroatoms. The van der Waals surface area contributed by atoms with Crippen LogP contribution in [0.2, 0.25) is 0 Å². The van der Waals surface area contributed by atoms with Crippen LogP contribution in [0.1, 0.15) is 70.6 Å². The fraction of sp³-hybridized carbons (Fsp3) is 0.739. The third kappa shape index (κ3) is 5.10. The molecule has 1 N–H and O–H groups in total. The predicted octanol–water partition coefficient (Wildman–Crippen LogP) is 4.37. The lowest BCUT2D eigenvalue weighted by molar-refractivity contribution is -0.140. The number of hydrogen-bond acceptors (Lipinski definition) is 4. The van der Waals surface area contributed by atoms with Gasteiger partial charge < -0.3 is 9.84 Å². The molecule has 4 unspecified atom stereocenters. The highest BCUT2D eigenvalue weighted by Gasteiger charge is 2.45. The summed E-state index contributed by atoms with van der Waals surface area (Å²) >= 11 is 0. The van der Waals surface area contributed by atoms with Crippen LogP contribution in [-0.4, -0.2) is 30.1 Å². The van der Waals surface area contributed by atoms with Gasteiger partial charge in [0.2, 0.25) is 0 Å². The van der Waals surface area contributed by atoms with Crippen molar-refractivity contribution in [2.45, 2.75) is 76.7 Å².